The molecule has 0 aromatic heterocycles. The van der Waals surface area contributed by atoms with E-state index < -0.39 is 0 Å². The van der Waals surface area contributed by atoms with E-state index in [0.717, 1.165) is 63.8 Å². The van der Waals surface area contributed by atoms with Crippen LogP contribution in [0.1, 0.15) is 50.7 Å². The van der Waals surface area contributed by atoms with Crippen LogP contribution < -0.4 is 5.32 Å². The molecule has 1 aromatic carbocycles. The Kier molecular flexibility index (Phi) is 7.92. The van der Waals surface area contributed by atoms with Crippen molar-refractivity contribution in [3.8, 4) is 0 Å². The van der Waals surface area contributed by atoms with Gasteiger partial charge < -0.3 is 10.2 Å². The molecule has 2 saturated heterocycles. The fourth-order valence-corrected chi connectivity index (χ4v) is 5.06. The first-order valence-electron chi connectivity index (χ1n) is 11.3. The van der Waals surface area contributed by atoms with E-state index in [2.05, 4.69) is 60.2 Å². The number of hydrogen-bond acceptors (Lipinski definition) is 3. The number of rotatable bonds is 7. The van der Waals surface area contributed by atoms with Gasteiger partial charge in [0.05, 0.1) is 0 Å². The second-order valence-corrected chi connectivity index (χ2v) is 9.39. The molecule has 2 aliphatic rings. The second kappa shape index (κ2) is 10.4. The van der Waals surface area contributed by atoms with Crippen LogP contribution in [-0.4, -0.2) is 55.0 Å². The van der Waals surface area contributed by atoms with E-state index in [1.807, 2.05) is 0 Å². The number of piperidine rings is 2. The molecule has 28 heavy (non-hydrogen) atoms. The summed E-state index contributed by atoms with van der Waals surface area (Å²) in [6.07, 6.45) is 4.39. The normalized spacial score (nSPS) is 25.0. The van der Waals surface area contributed by atoms with Gasteiger partial charge >= 0.3 is 0 Å². The molecule has 4 nitrogen and oxygen atoms in total. The van der Waals surface area contributed by atoms with E-state index in [1.165, 1.54) is 30.6 Å². The van der Waals surface area contributed by atoms with Gasteiger partial charge in [-0.2, -0.15) is 0 Å². The quantitative estimate of drug-likeness (QED) is 0.727. The molecule has 156 valence electrons. The molecular formula is C24H39N3O. The first kappa shape index (κ1) is 21.3. The number of amides is 1. The molecule has 2 heterocycles. The van der Waals surface area contributed by atoms with E-state index in [9.17, 15) is 4.79 Å². The van der Waals surface area contributed by atoms with Crippen LogP contribution in [0.3, 0.4) is 0 Å². The molecule has 3 rings (SSSR count). The minimum Gasteiger partial charge on any atom is -0.356 e. The molecule has 0 bridgehead atoms. The first-order valence-corrected chi connectivity index (χ1v) is 11.3. The van der Waals surface area contributed by atoms with E-state index in [-0.39, 0.29) is 11.8 Å². The Hall–Kier alpha value is -1.39. The summed E-state index contributed by atoms with van der Waals surface area (Å²) in [6.45, 7) is 14.3. The van der Waals surface area contributed by atoms with Gasteiger partial charge in [-0.05, 0) is 69.6 Å². The summed E-state index contributed by atoms with van der Waals surface area (Å²) >= 11 is 0. The lowest BCUT2D eigenvalue weighted by Crippen LogP contribution is -2.42. The van der Waals surface area contributed by atoms with Crippen LogP contribution in [0.4, 0.5) is 0 Å². The highest BCUT2D eigenvalue weighted by atomic mass is 16.1. The molecule has 0 radical (unpaired) electrons. The minimum atomic E-state index is 0.198. The van der Waals surface area contributed by atoms with Crippen molar-refractivity contribution in [3.63, 3.8) is 0 Å². The molecule has 0 aliphatic carbocycles. The van der Waals surface area contributed by atoms with Gasteiger partial charge in [-0.1, -0.05) is 43.7 Å². The number of nitrogens with zero attached hydrogens (tertiary/aromatic N) is 2. The maximum atomic E-state index is 12.5. The predicted molar refractivity (Wildman–Crippen MR) is 116 cm³/mol. The molecule has 1 N–H and O–H groups in total. The lowest BCUT2D eigenvalue weighted by atomic mass is 9.92. The Bertz CT molecular complexity index is 614. The van der Waals surface area contributed by atoms with E-state index in [0.29, 0.717) is 0 Å². The van der Waals surface area contributed by atoms with Crippen LogP contribution in [0, 0.1) is 24.7 Å². The number of likely N-dealkylation sites (tertiary alicyclic amines) is 2. The van der Waals surface area contributed by atoms with Crippen molar-refractivity contribution >= 4 is 5.91 Å². The zero-order valence-electron chi connectivity index (χ0n) is 18.1. The fourth-order valence-electron chi connectivity index (χ4n) is 5.06. The van der Waals surface area contributed by atoms with Crippen molar-refractivity contribution in [2.45, 2.75) is 53.0 Å². The topological polar surface area (TPSA) is 35.6 Å². The number of hydrogen-bond donors (Lipinski definition) is 1. The Labute approximate surface area is 171 Å². The molecule has 1 amide bonds. The molecule has 0 saturated carbocycles. The van der Waals surface area contributed by atoms with E-state index in [4.69, 9.17) is 0 Å². The van der Waals surface area contributed by atoms with Crippen LogP contribution >= 0.6 is 0 Å². The molecule has 0 spiro atoms. The summed E-state index contributed by atoms with van der Waals surface area (Å²) in [5.41, 5.74) is 2.70. The molecule has 2 aliphatic heterocycles. The number of aryl methyl sites for hydroxylation is 1. The van der Waals surface area contributed by atoms with Crippen molar-refractivity contribution in [3.05, 3.63) is 35.4 Å². The van der Waals surface area contributed by atoms with E-state index in [1.54, 1.807) is 0 Å². The second-order valence-electron chi connectivity index (χ2n) is 9.39. The molecule has 2 fully saturated rings. The maximum Gasteiger partial charge on any atom is 0.223 e. The van der Waals surface area contributed by atoms with Crippen molar-refractivity contribution < 1.29 is 4.79 Å². The maximum absolute atomic E-state index is 12.5. The average Bonchev–Trinajstić information content (AvgIpc) is 2.65. The Balaban J connectivity index is 1.30. The van der Waals surface area contributed by atoms with Gasteiger partial charge in [0.15, 0.2) is 0 Å². The lowest BCUT2D eigenvalue weighted by molar-refractivity contribution is -0.126. The third kappa shape index (κ3) is 6.59. The smallest absolute Gasteiger partial charge is 0.223 e. The van der Waals surface area contributed by atoms with Crippen molar-refractivity contribution in [2.75, 3.05) is 39.3 Å². The Morgan fingerprint density at radius 3 is 2.50 bits per heavy atom. The zero-order valence-corrected chi connectivity index (χ0v) is 18.1. The highest BCUT2D eigenvalue weighted by Crippen LogP contribution is 2.21. The number of carbonyl (C=O) groups is 1. The van der Waals surface area contributed by atoms with Crippen LogP contribution in [0.5, 0.6) is 0 Å². The standard InChI is InChI=1S/C24H39N3O/c1-19-6-4-7-22(15-19)18-26-12-8-23(9-13-26)24(28)25-10-5-11-27-16-20(2)14-21(3)17-27/h4,6-7,15,20-21,23H,5,8-14,16-18H2,1-3H3,(H,25,28)/t20-,21+. The van der Waals surface area contributed by atoms with Gasteiger partial charge in [0.2, 0.25) is 5.91 Å². The monoisotopic (exact) mass is 385 g/mol. The van der Waals surface area contributed by atoms with Crippen molar-refractivity contribution in [1.29, 1.82) is 0 Å². The van der Waals surface area contributed by atoms with Gasteiger partial charge in [-0.15, -0.1) is 0 Å². The largest absolute Gasteiger partial charge is 0.356 e. The third-order valence-electron chi connectivity index (χ3n) is 6.34. The summed E-state index contributed by atoms with van der Waals surface area (Å²) in [5.74, 6) is 2.09. The summed E-state index contributed by atoms with van der Waals surface area (Å²) in [6, 6.07) is 8.75. The zero-order chi connectivity index (χ0) is 19.9. The number of carbonyl (C=O) groups excluding carboxylic acids is 1. The predicted octanol–water partition coefficient (Wildman–Crippen LogP) is 3.69. The summed E-state index contributed by atoms with van der Waals surface area (Å²) in [7, 11) is 0. The summed E-state index contributed by atoms with van der Waals surface area (Å²) < 4.78 is 0. The SMILES string of the molecule is Cc1cccc(CN2CCC(C(=O)NCCCN3C[C@H](C)C[C@H](C)C3)CC2)c1. The molecule has 4 heteroatoms. The summed E-state index contributed by atoms with van der Waals surface area (Å²) in [4.78, 5) is 17.6. The van der Waals surface area contributed by atoms with Gasteiger partial charge in [0.1, 0.15) is 0 Å². The fraction of sp³-hybridized carbons (Fsp3) is 0.708. The highest BCUT2D eigenvalue weighted by molar-refractivity contribution is 5.78. The average molecular weight is 386 g/mol. The molecule has 0 unspecified atom stereocenters. The van der Waals surface area contributed by atoms with E-state index >= 15 is 0 Å². The Morgan fingerprint density at radius 2 is 1.82 bits per heavy atom. The molecule has 1 aromatic rings. The summed E-state index contributed by atoms with van der Waals surface area (Å²) in [5, 5.41) is 3.20. The minimum absolute atomic E-state index is 0.198. The lowest BCUT2D eigenvalue weighted by Gasteiger charge is -2.35. The van der Waals surface area contributed by atoms with Gasteiger partial charge in [0.25, 0.3) is 0 Å². The van der Waals surface area contributed by atoms with Crippen molar-refractivity contribution in [2.24, 2.45) is 17.8 Å². The van der Waals surface area contributed by atoms with Gasteiger partial charge in [0, 0.05) is 32.1 Å². The van der Waals surface area contributed by atoms with Crippen LogP contribution in [0.25, 0.3) is 0 Å². The molecule has 2 atom stereocenters. The Morgan fingerprint density at radius 1 is 1.11 bits per heavy atom. The van der Waals surface area contributed by atoms with Gasteiger partial charge in [-0.25, -0.2) is 0 Å². The van der Waals surface area contributed by atoms with Crippen LogP contribution in [-0.2, 0) is 11.3 Å². The highest BCUT2D eigenvalue weighted by Gasteiger charge is 2.25. The van der Waals surface area contributed by atoms with Gasteiger partial charge in [-0.3, -0.25) is 9.69 Å². The van der Waals surface area contributed by atoms with Crippen LogP contribution in [0.15, 0.2) is 24.3 Å². The number of benzene rings is 1. The van der Waals surface area contributed by atoms with Crippen molar-refractivity contribution in [1.82, 2.24) is 15.1 Å². The molecular weight excluding hydrogens is 346 g/mol. The number of nitrogens with one attached hydrogen (secondary N) is 1. The first-order chi connectivity index (χ1) is 13.5. The third-order valence-corrected chi connectivity index (χ3v) is 6.34. The van der Waals surface area contributed by atoms with Crippen LogP contribution in [0.2, 0.25) is 0 Å².